The molecule has 1 atom stereocenters. The summed E-state index contributed by atoms with van der Waals surface area (Å²) >= 11 is 0. The molecule has 1 unspecified atom stereocenters. The average molecular weight is 252 g/mol. The van der Waals surface area contributed by atoms with Gasteiger partial charge in [0.2, 0.25) is 0 Å². The van der Waals surface area contributed by atoms with E-state index < -0.39 is 0 Å². The highest BCUT2D eigenvalue weighted by Crippen LogP contribution is 2.30. The number of nitrogens with one attached hydrogen (secondary N) is 1. The van der Waals surface area contributed by atoms with E-state index in [4.69, 9.17) is 0 Å². The summed E-state index contributed by atoms with van der Waals surface area (Å²) in [4.78, 5) is 2.71. The quantitative estimate of drug-likeness (QED) is 0.825. The largest absolute Gasteiger partial charge is 0.312 e. The highest BCUT2D eigenvalue weighted by atomic mass is 15.2. The summed E-state index contributed by atoms with van der Waals surface area (Å²) in [5.41, 5.74) is 0.563. The summed E-state index contributed by atoms with van der Waals surface area (Å²) in [7, 11) is 0. The second kappa shape index (κ2) is 6.38. The highest BCUT2D eigenvalue weighted by Gasteiger charge is 2.25. The minimum absolute atomic E-state index is 0.563. The molecule has 1 N–H and O–H groups in total. The Bertz CT molecular complexity index is 243. The van der Waals surface area contributed by atoms with Crippen LogP contribution in [0.3, 0.4) is 0 Å². The lowest BCUT2D eigenvalue weighted by Gasteiger charge is -2.29. The third kappa shape index (κ3) is 4.24. The van der Waals surface area contributed by atoms with Gasteiger partial charge in [0.1, 0.15) is 0 Å². The van der Waals surface area contributed by atoms with Crippen molar-refractivity contribution in [1.82, 2.24) is 10.2 Å². The molecule has 2 nitrogen and oxygen atoms in total. The summed E-state index contributed by atoms with van der Waals surface area (Å²) in [5.74, 6) is 0. The smallest absolute Gasteiger partial charge is 0.0192 e. The zero-order valence-electron chi connectivity index (χ0n) is 12.7. The maximum Gasteiger partial charge on any atom is 0.0192 e. The molecule has 0 aromatic heterocycles. The SMILES string of the molecule is CC(CNC1CCCC1)N1CCCC(C)(C)CC1. The van der Waals surface area contributed by atoms with Crippen LogP contribution >= 0.6 is 0 Å². The molecule has 1 saturated carbocycles. The van der Waals surface area contributed by atoms with Crippen LogP contribution in [0.25, 0.3) is 0 Å². The average Bonchev–Trinajstić information content (AvgIpc) is 2.77. The lowest BCUT2D eigenvalue weighted by atomic mass is 9.85. The highest BCUT2D eigenvalue weighted by molar-refractivity contribution is 4.81. The molecule has 1 aliphatic heterocycles. The molecule has 2 heteroatoms. The Morgan fingerprint density at radius 2 is 1.83 bits per heavy atom. The molecule has 2 rings (SSSR count). The van der Waals surface area contributed by atoms with E-state index in [1.807, 2.05) is 0 Å². The van der Waals surface area contributed by atoms with Crippen LogP contribution in [-0.4, -0.2) is 36.6 Å². The fourth-order valence-electron chi connectivity index (χ4n) is 3.48. The normalized spacial score (nSPS) is 28.2. The van der Waals surface area contributed by atoms with E-state index >= 15 is 0 Å². The summed E-state index contributed by atoms with van der Waals surface area (Å²) in [5, 5.41) is 3.78. The Morgan fingerprint density at radius 3 is 2.56 bits per heavy atom. The zero-order valence-corrected chi connectivity index (χ0v) is 12.7. The second-order valence-corrected chi connectivity index (χ2v) is 7.29. The molecule has 0 bridgehead atoms. The third-order valence-corrected chi connectivity index (χ3v) is 5.06. The van der Waals surface area contributed by atoms with Crippen LogP contribution in [0.4, 0.5) is 0 Å². The first-order valence-electron chi connectivity index (χ1n) is 8.04. The Hall–Kier alpha value is -0.0800. The van der Waals surface area contributed by atoms with Gasteiger partial charge in [0.15, 0.2) is 0 Å². The van der Waals surface area contributed by atoms with Gasteiger partial charge in [-0.25, -0.2) is 0 Å². The van der Waals surface area contributed by atoms with Gasteiger partial charge >= 0.3 is 0 Å². The van der Waals surface area contributed by atoms with Gasteiger partial charge in [-0.05, 0) is 57.5 Å². The molecule has 106 valence electrons. The first-order chi connectivity index (χ1) is 8.57. The minimum Gasteiger partial charge on any atom is -0.312 e. The molecule has 0 spiro atoms. The van der Waals surface area contributed by atoms with Crippen molar-refractivity contribution >= 4 is 0 Å². The molecule has 1 aliphatic carbocycles. The molecule has 0 radical (unpaired) electrons. The van der Waals surface area contributed by atoms with Gasteiger partial charge in [-0.15, -0.1) is 0 Å². The Balaban J connectivity index is 1.72. The number of rotatable bonds is 4. The van der Waals surface area contributed by atoms with E-state index in [1.54, 1.807) is 0 Å². The van der Waals surface area contributed by atoms with Gasteiger partial charge in [0, 0.05) is 18.6 Å². The Morgan fingerprint density at radius 1 is 1.11 bits per heavy atom. The van der Waals surface area contributed by atoms with Crippen LogP contribution < -0.4 is 5.32 Å². The van der Waals surface area contributed by atoms with E-state index in [2.05, 4.69) is 31.0 Å². The van der Waals surface area contributed by atoms with Crippen LogP contribution in [0.2, 0.25) is 0 Å². The lowest BCUT2D eigenvalue weighted by molar-refractivity contribution is 0.199. The maximum atomic E-state index is 3.78. The van der Waals surface area contributed by atoms with Crippen molar-refractivity contribution in [2.45, 2.75) is 77.8 Å². The zero-order chi connectivity index (χ0) is 13.0. The first-order valence-corrected chi connectivity index (χ1v) is 8.04. The van der Waals surface area contributed by atoms with Crippen LogP contribution in [0.1, 0.15) is 65.7 Å². The molecule has 1 saturated heterocycles. The second-order valence-electron chi connectivity index (χ2n) is 7.29. The van der Waals surface area contributed by atoms with E-state index in [-0.39, 0.29) is 0 Å². The van der Waals surface area contributed by atoms with Gasteiger partial charge in [-0.2, -0.15) is 0 Å². The molecular weight excluding hydrogens is 220 g/mol. The first kappa shape index (κ1) is 14.3. The topological polar surface area (TPSA) is 15.3 Å². The summed E-state index contributed by atoms with van der Waals surface area (Å²) in [6, 6.07) is 1.52. The van der Waals surface area contributed by atoms with Gasteiger partial charge < -0.3 is 5.32 Å². The van der Waals surface area contributed by atoms with Gasteiger partial charge in [-0.3, -0.25) is 4.90 Å². The van der Waals surface area contributed by atoms with Crippen molar-refractivity contribution < 1.29 is 0 Å². The monoisotopic (exact) mass is 252 g/mol. The number of nitrogens with zero attached hydrogens (tertiary/aromatic N) is 1. The summed E-state index contributed by atoms with van der Waals surface area (Å²) in [6.45, 7) is 11.0. The van der Waals surface area contributed by atoms with E-state index in [1.165, 1.54) is 64.6 Å². The molecular formula is C16H32N2. The molecule has 18 heavy (non-hydrogen) atoms. The van der Waals surface area contributed by atoms with E-state index in [0.717, 1.165) is 6.04 Å². The van der Waals surface area contributed by atoms with Crippen molar-refractivity contribution in [3.05, 3.63) is 0 Å². The Labute approximate surface area is 114 Å². The summed E-state index contributed by atoms with van der Waals surface area (Å²) in [6.07, 6.45) is 9.81. The van der Waals surface area contributed by atoms with Gasteiger partial charge in [0.05, 0.1) is 0 Å². The van der Waals surface area contributed by atoms with Crippen molar-refractivity contribution in [2.75, 3.05) is 19.6 Å². The molecule has 2 aliphatic rings. The maximum absolute atomic E-state index is 3.78. The predicted molar refractivity (Wildman–Crippen MR) is 78.9 cm³/mol. The van der Waals surface area contributed by atoms with E-state index in [0.29, 0.717) is 11.5 Å². The predicted octanol–water partition coefficient (Wildman–Crippen LogP) is 3.42. The van der Waals surface area contributed by atoms with Crippen LogP contribution in [0.5, 0.6) is 0 Å². The molecule has 0 aromatic carbocycles. The third-order valence-electron chi connectivity index (χ3n) is 5.06. The number of hydrogen-bond acceptors (Lipinski definition) is 2. The van der Waals surface area contributed by atoms with Crippen molar-refractivity contribution in [3.63, 3.8) is 0 Å². The van der Waals surface area contributed by atoms with Crippen molar-refractivity contribution in [3.8, 4) is 0 Å². The molecule has 1 heterocycles. The molecule has 0 aromatic rings. The summed E-state index contributed by atoms with van der Waals surface area (Å²) < 4.78 is 0. The number of likely N-dealkylation sites (tertiary alicyclic amines) is 1. The minimum atomic E-state index is 0.563. The molecule has 0 amide bonds. The van der Waals surface area contributed by atoms with Crippen molar-refractivity contribution in [2.24, 2.45) is 5.41 Å². The van der Waals surface area contributed by atoms with Crippen LogP contribution in [0, 0.1) is 5.41 Å². The van der Waals surface area contributed by atoms with Crippen LogP contribution in [-0.2, 0) is 0 Å². The standard InChI is InChI=1S/C16H32N2/c1-14(13-17-15-7-4-5-8-15)18-11-6-9-16(2,3)10-12-18/h14-15,17H,4-13H2,1-3H3. The van der Waals surface area contributed by atoms with E-state index in [9.17, 15) is 0 Å². The van der Waals surface area contributed by atoms with Gasteiger partial charge in [-0.1, -0.05) is 26.7 Å². The van der Waals surface area contributed by atoms with Gasteiger partial charge in [0.25, 0.3) is 0 Å². The fraction of sp³-hybridized carbons (Fsp3) is 1.00. The number of hydrogen-bond donors (Lipinski definition) is 1. The van der Waals surface area contributed by atoms with Crippen molar-refractivity contribution in [1.29, 1.82) is 0 Å². The lowest BCUT2D eigenvalue weighted by Crippen LogP contribution is -2.43. The fourth-order valence-corrected chi connectivity index (χ4v) is 3.48. The molecule has 2 fully saturated rings. The van der Waals surface area contributed by atoms with Crippen LogP contribution in [0.15, 0.2) is 0 Å². The Kier molecular flexibility index (Phi) is 5.08.